The van der Waals surface area contributed by atoms with E-state index >= 15 is 0 Å². The molecule has 0 aliphatic carbocycles. The van der Waals surface area contributed by atoms with E-state index in [0.29, 0.717) is 22.3 Å². The quantitative estimate of drug-likeness (QED) is 0.398. The lowest BCUT2D eigenvalue weighted by molar-refractivity contribution is -0.110. The minimum Gasteiger partial charge on any atom is -0.389 e. The standard InChI is InChI=1S/C17H11FN6S.C6H13N.C2H4O2/c1-10-13(8-21-23-10)11-5-15(25-17-14(18)3-2-4-20-17)16-12(6-19)7-22-24(16)9-11;1-7-5-3-2-4-6-7;3-1-2-4/h2-5,7-9H,1H3,(H,21,23);2-6H2,1H3;1,4H,2H2. The molecule has 0 atom stereocenters. The lowest BCUT2D eigenvalue weighted by Crippen LogP contribution is -2.24. The fraction of sp³-hybridized carbons (Fsp3) is 0.320. The van der Waals surface area contributed by atoms with Gasteiger partial charge in [-0.05, 0) is 58.1 Å². The number of hydrogen-bond donors (Lipinski definition) is 2. The zero-order valence-electron chi connectivity index (χ0n) is 20.2. The molecule has 9 nitrogen and oxygen atoms in total. The predicted octanol–water partition coefficient (Wildman–Crippen LogP) is 3.87. The van der Waals surface area contributed by atoms with Gasteiger partial charge in [-0.25, -0.2) is 13.9 Å². The molecule has 11 heteroatoms. The van der Waals surface area contributed by atoms with Gasteiger partial charge >= 0.3 is 0 Å². The lowest BCUT2D eigenvalue weighted by Gasteiger charge is -2.20. The van der Waals surface area contributed by atoms with Gasteiger partial charge in [0.05, 0.1) is 30.1 Å². The number of hydrogen-bond acceptors (Lipinski definition) is 8. The summed E-state index contributed by atoms with van der Waals surface area (Å²) in [5, 5.41) is 28.3. The minimum atomic E-state index is -0.409. The number of piperidine rings is 1. The summed E-state index contributed by atoms with van der Waals surface area (Å²) in [6.07, 6.45) is 11.3. The third-order valence-electron chi connectivity index (χ3n) is 5.42. The van der Waals surface area contributed by atoms with Crippen molar-refractivity contribution in [1.82, 2.24) is 29.7 Å². The van der Waals surface area contributed by atoms with Crippen LogP contribution in [-0.2, 0) is 4.79 Å². The van der Waals surface area contributed by atoms with Crippen molar-refractivity contribution in [1.29, 1.82) is 5.26 Å². The van der Waals surface area contributed by atoms with Gasteiger partial charge in [0.25, 0.3) is 0 Å². The summed E-state index contributed by atoms with van der Waals surface area (Å²) in [7, 11) is 2.19. The highest BCUT2D eigenvalue weighted by Crippen LogP contribution is 2.36. The average Bonchev–Trinajstić information content (AvgIpc) is 3.52. The molecule has 1 aliphatic heterocycles. The molecule has 2 N–H and O–H groups in total. The highest BCUT2D eigenvalue weighted by Gasteiger charge is 2.16. The van der Waals surface area contributed by atoms with Crippen molar-refractivity contribution < 1.29 is 14.3 Å². The monoisotopic (exact) mass is 509 g/mol. The average molecular weight is 510 g/mol. The van der Waals surface area contributed by atoms with E-state index in [-0.39, 0.29) is 11.6 Å². The van der Waals surface area contributed by atoms with Crippen LogP contribution in [0, 0.1) is 24.1 Å². The molecule has 5 heterocycles. The number of rotatable bonds is 4. The number of halogens is 1. The first-order chi connectivity index (χ1) is 17.5. The van der Waals surface area contributed by atoms with Gasteiger partial charge in [-0.3, -0.25) is 5.10 Å². The normalized spacial score (nSPS) is 13.2. The number of likely N-dealkylation sites (tertiary alicyclic amines) is 1. The third-order valence-corrected chi connectivity index (χ3v) is 6.45. The second-order valence-corrected chi connectivity index (χ2v) is 9.10. The molecule has 1 fully saturated rings. The topological polar surface area (TPSA) is 123 Å². The molecule has 0 radical (unpaired) electrons. The van der Waals surface area contributed by atoms with E-state index in [9.17, 15) is 9.65 Å². The van der Waals surface area contributed by atoms with Crippen LogP contribution in [0.25, 0.3) is 16.6 Å². The van der Waals surface area contributed by atoms with Crippen LogP contribution < -0.4 is 0 Å². The number of carbonyl (C=O) groups excluding carboxylic acids is 1. The summed E-state index contributed by atoms with van der Waals surface area (Å²) in [4.78, 5) is 16.1. The van der Waals surface area contributed by atoms with Gasteiger partial charge in [0, 0.05) is 34.1 Å². The maximum atomic E-state index is 14.0. The molecule has 4 aromatic rings. The number of aromatic nitrogens is 5. The van der Waals surface area contributed by atoms with Crippen LogP contribution >= 0.6 is 11.8 Å². The number of fused-ring (bicyclic) bond motifs is 1. The van der Waals surface area contributed by atoms with Gasteiger partial charge < -0.3 is 14.8 Å². The predicted molar refractivity (Wildman–Crippen MR) is 135 cm³/mol. The summed E-state index contributed by atoms with van der Waals surface area (Å²) >= 11 is 1.17. The highest BCUT2D eigenvalue weighted by atomic mass is 32.2. The molecule has 4 aromatic heterocycles. The Bertz CT molecular complexity index is 1330. The smallest absolute Gasteiger partial charge is 0.155 e. The Morgan fingerprint density at radius 3 is 2.61 bits per heavy atom. The summed E-state index contributed by atoms with van der Waals surface area (Å²) < 4.78 is 15.7. The minimum absolute atomic E-state index is 0.246. The molecule has 0 unspecified atom stereocenters. The number of pyridine rings is 2. The number of nitrogens with one attached hydrogen (secondary N) is 1. The van der Waals surface area contributed by atoms with E-state index in [1.807, 2.05) is 19.2 Å². The SMILES string of the molecule is CN1CCCCC1.Cc1[nH]ncc1-c1cc(Sc2ncccc2F)c2c(C#N)cnn2c1.O=CCO. The molecule has 36 heavy (non-hydrogen) atoms. The Labute approximate surface area is 213 Å². The first-order valence-corrected chi connectivity index (χ1v) is 12.2. The van der Waals surface area contributed by atoms with Gasteiger partial charge in [-0.15, -0.1) is 0 Å². The number of carbonyl (C=O) groups is 1. The van der Waals surface area contributed by atoms with Gasteiger partial charge in [0.2, 0.25) is 0 Å². The van der Waals surface area contributed by atoms with Crippen molar-refractivity contribution in [2.45, 2.75) is 36.1 Å². The van der Waals surface area contributed by atoms with Gasteiger partial charge in [0.1, 0.15) is 17.4 Å². The van der Waals surface area contributed by atoms with E-state index < -0.39 is 5.82 Å². The molecule has 0 saturated carbocycles. The summed E-state index contributed by atoms with van der Waals surface area (Å²) in [6, 6.07) is 6.93. The number of aldehydes is 1. The molecule has 188 valence electrons. The van der Waals surface area contributed by atoms with Crippen LogP contribution in [0.2, 0.25) is 0 Å². The molecular formula is C25H28FN7O2S. The van der Waals surface area contributed by atoms with Gasteiger partial charge in [0.15, 0.2) is 5.82 Å². The first-order valence-electron chi connectivity index (χ1n) is 11.4. The molecule has 0 amide bonds. The van der Waals surface area contributed by atoms with E-state index in [2.05, 4.69) is 38.3 Å². The van der Waals surface area contributed by atoms with E-state index in [1.54, 1.807) is 16.8 Å². The number of aromatic amines is 1. The van der Waals surface area contributed by atoms with Gasteiger partial charge in [-0.2, -0.15) is 15.5 Å². The number of H-pyrrole nitrogens is 1. The number of nitrogens with zero attached hydrogens (tertiary/aromatic N) is 6. The summed E-state index contributed by atoms with van der Waals surface area (Å²) in [5.41, 5.74) is 3.74. The number of aryl methyl sites for hydroxylation is 1. The molecule has 0 bridgehead atoms. The fourth-order valence-electron chi connectivity index (χ4n) is 3.64. The maximum absolute atomic E-state index is 14.0. The van der Waals surface area contributed by atoms with E-state index in [1.165, 1.54) is 62.6 Å². The summed E-state index contributed by atoms with van der Waals surface area (Å²) in [5.74, 6) is -0.409. The third kappa shape index (κ3) is 6.97. The van der Waals surface area contributed by atoms with Crippen LogP contribution in [0.3, 0.4) is 0 Å². The molecule has 0 spiro atoms. The maximum Gasteiger partial charge on any atom is 0.155 e. The molecular weight excluding hydrogens is 481 g/mol. The molecule has 5 rings (SSSR count). The van der Waals surface area contributed by atoms with Crippen LogP contribution in [-0.4, -0.2) is 67.8 Å². The zero-order chi connectivity index (χ0) is 25.9. The Hall–Kier alpha value is -3.59. The second-order valence-electron chi connectivity index (χ2n) is 8.07. The number of aliphatic hydroxyl groups excluding tert-OH is 1. The van der Waals surface area contributed by atoms with Crippen molar-refractivity contribution in [3.63, 3.8) is 0 Å². The van der Waals surface area contributed by atoms with Crippen LogP contribution in [0.1, 0.15) is 30.5 Å². The number of aliphatic hydroxyl groups is 1. The number of nitriles is 1. The highest BCUT2D eigenvalue weighted by molar-refractivity contribution is 7.99. The van der Waals surface area contributed by atoms with Crippen molar-refractivity contribution in [3.8, 4) is 17.2 Å². The Balaban J connectivity index is 0.000000274. The Kier molecular flexibility index (Phi) is 10.1. The Morgan fingerprint density at radius 2 is 2.06 bits per heavy atom. The van der Waals surface area contributed by atoms with Crippen molar-refractivity contribution in [3.05, 3.63) is 60.1 Å². The summed E-state index contributed by atoms with van der Waals surface area (Å²) in [6.45, 7) is 4.20. The van der Waals surface area contributed by atoms with Crippen LogP contribution in [0.15, 0.2) is 52.9 Å². The lowest BCUT2D eigenvalue weighted by atomic mass is 10.1. The van der Waals surface area contributed by atoms with Crippen molar-refractivity contribution in [2.75, 3.05) is 26.7 Å². The van der Waals surface area contributed by atoms with Crippen LogP contribution in [0.5, 0.6) is 0 Å². The van der Waals surface area contributed by atoms with Crippen molar-refractivity contribution >= 4 is 23.6 Å². The largest absolute Gasteiger partial charge is 0.389 e. The molecule has 1 aliphatic rings. The second kappa shape index (κ2) is 13.5. The van der Waals surface area contributed by atoms with Crippen LogP contribution in [0.4, 0.5) is 4.39 Å². The van der Waals surface area contributed by atoms with E-state index in [4.69, 9.17) is 9.90 Å². The fourth-order valence-corrected chi connectivity index (χ4v) is 4.61. The van der Waals surface area contributed by atoms with E-state index in [0.717, 1.165) is 16.8 Å². The zero-order valence-corrected chi connectivity index (χ0v) is 21.0. The Morgan fingerprint density at radius 1 is 1.31 bits per heavy atom. The van der Waals surface area contributed by atoms with Gasteiger partial charge in [-0.1, -0.05) is 18.2 Å². The first kappa shape index (κ1) is 27.0. The molecule has 1 saturated heterocycles. The molecule has 0 aromatic carbocycles. The van der Waals surface area contributed by atoms with Crippen molar-refractivity contribution in [2.24, 2.45) is 0 Å².